The molecule has 1 spiro atoms. The number of anilines is 1. The van der Waals surface area contributed by atoms with Crippen LogP contribution in [-0.2, 0) is 26.5 Å². The van der Waals surface area contributed by atoms with Crippen molar-refractivity contribution in [2.24, 2.45) is 11.8 Å². The maximum atomic E-state index is 14.1. The van der Waals surface area contributed by atoms with E-state index in [1.165, 1.54) is 25.1 Å². The van der Waals surface area contributed by atoms with Gasteiger partial charge in [0.2, 0.25) is 17.7 Å². The molecule has 3 aliphatic heterocycles. The molecule has 166 valence electrons. The maximum absolute atomic E-state index is 14.1. The lowest BCUT2D eigenvalue weighted by molar-refractivity contribution is -0.143. The van der Waals surface area contributed by atoms with Crippen LogP contribution in [0.15, 0.2) is 42.5 Å². The van der Waals surface area contributed by atoms with Crippen LogP contribution >= 0.6 is 0 Å². The topological polar surface area (TPSA) is 108 Å². The van der Waals surface area contributed by atoms with Gasteiger partial charge in [-0.05, 0) is 42.8 Å². The zero-order chi connectivity index (χ0) is 22.8. The number of rotatable bonds is 4. The first-order chi connectivity index (χ1) is 15.3. The number of amides is 3. The van der Waals surface area contributed by atoms with E-state index in [2.05, 4.69) is 10.6 Å². The van der Waals surface area contributed by atoms with Crippen LogP contribution in [0.2, 0.25) is 0 Å². The number of imide groups is 1. The number of likely N-dealkylation sites (tertiary alicyclic amines) is 1. The molecule has 0 saturated carbocycles. The summed E-state index contributed by atoms with van der Waals surface area (Å²) in [6.45, 7) is 1.52. The third-order valence-electron chi connectivity index (χ3n) is 6.72. The third kappa shape index (κ3) is 2.71. The Bertz CT molecular complexity index is 1130. The number of hydrogen-bond donors (Lipinski definition) is 3. The van der Waals surface area contributed by atoms with Crippen LogP contribution in [0.4, 0.5) is 10.1 Å². The Morgan fingerprint density at radius 1 is 1.16 bits per heavy atom. The highest BCUT2D eigenvalue weighted by molar-refractivity contribution is 6.15. The van der Waals surface area contributed by atoms with Gasteiger partial charge in [0, 0.05) is 17.3 Å². The van der Waals surface area contributed by atoms with Gasteiger partial charge in [0.15, 0.2) is 0 Å². The summed E-state index contributed by atoms with van der Waals surface area (Å²) in [5, 5.41) is 16.1. The first kappa shape index (κ1) is 20.6. The van der Waals surface area contributed by atoms with Crippen molar-refractivity contribution >= 4 is 23.4 Å². The summed E-state index contributed by atoms with van der Waals surface area (Å²) in [5.74, 6) is -3.52. The molecule has 3 aliphatic rings. The van der Waals surface area contributed by atoms with Crippen LogP contribution in [0.1, 0.15) is 18.1 Å². The van der Waals surface area contributed by atoms with E-state index in [9.17, 15) is 23.9 Å². The minimum absolute atomic E-state index is 0.0227. The molecule has 3 amide bonds. The predicted molar refractivity (Wildman–Crippen MR) is 111 cm³/mol. The number of carbonyl (C=O) groups is 3. The number of carbonyl (C=O) groups excluding carboxylic acids is 3. The number of nitrogens with zero attached hydrogens (tertiary/aromatic N) is 1. The van der Waals surface area contributed by atoms with E-state index in [4.69, 9.17) is 4.74 Å². The van der Waals surface area contributed by atoms with E-state index in [0.29, 0.717) is 17.0 Å². The predicted octanol–water partition coefficient (Wildman–Crippen LogP) is 1.14. The summed E-state index contributed by atoms with van der Waals surface area (Å²) in [7, 11) is 1.54. The molecule has 2 aromatic rings. The van der Waals surface area contributed by atoms with Gasteiger partial charge in [-0.25, -0.2) is 4.39 Å². The zero-order valence-electron chi connectivity index (χ0n) is 17.5. The van der Waals surface area contributed by atoms with E-state index in [1.54, 1.807) is 31.4 Å². The number of nitrogens with one attached hydrogen (secondary N) is 2. The van der Waals surface area contributed by atoms with E-state index < -0.39 is 53.1 Å². The van der Waals surface area contributed by atoms with Crippen LogP contribution in [0.3, 0.4) is 0 Å². The van der Waals surface area contributed by atoms with Gasteiger partial charge in [0.1, 0.15) is 17.1 Å². The number of halogens is 1. The Hall–Kier alpha value is -3.30. The van der Waals surface area contributed by atoms with Gasteiger partial charge in [0.05, 0.1) is 31.6 Å². The Kier molecular flexibility index (Phi) is 4.58. The van der Waals surface area contributed by atoms with Crippen molar-refractivity contribution in [3.8, 4) is 5.75 Å². The standard InChI is InChI=1S/C23H22FN3O5/c1-11(28)19-17-18(23(26-19)15-9-13(24)5-8-16(15)25-22(23)31)21(30)27(20(17)29)10-12-3-6-14(32-2)7-4-12/h3-9,11,17-19,26,28H,10H2,1-2H3,(H,25,31)/t11-,17+,18+,19-,23+/m1/s1. The van der Waals surface area contributed by atoms with Gasteiger partial charge >= 0.3 is 0 Å². The molecule has 5 rings (SSSR count). The molecule has 2 aromatic carbocycles. The van der Waals surface area contributed by atoms with Gasteiger partial charge < -0.3 is 15.2 Å². The van der Waals surface area contributed by atoms with Crippen molar-refractivity contribution in [2.75, 3.05) is 12.4 Å². The molecule has 5 atom stereocenters. The number of hydrogen-bond acceptors (Lipinski definition) is 6. The molecular formula is C23H22FN3O5. The van der Waals surface area contributed by atoms with Crippen LogP contribution in [0.25, 0.3) is 0 Å². The second kappa shape index (κ2) is 7.11. The lowest BCUT2D eigenvalue weighted by Crippen LogP contribution is -2.54. The first-order valence-corrected chi connectivity index (χ1v) is 10.3. The average molecular weight is 439 g/mol. The lowest BCUT2D eigenvalue weighted by Gasteiger charge is -2.30. The molecule has 0 aromatic heterocycles. The molecule has 0 bridgehead atoms. The summed E-state index contributed by atoms with van der Waals surface area (Å²) < 4.78 is 19.3. The molecule has 32 heavy (non-hydrogen) atoms. The SMILES string of the molecule is COc1ccc(CN2C(=O)[C@@H]3[C@@H]([C@@H](C)O)N[C@]4(C(=O)Nc5ccc(F)cc54)[C@@H]3C2=O)cc1. The molecule has 0 aliphatic carbocycles. The Balaban J connectivity index is 1.58. The van der Waals surface area contributed by atoms with Crippen molar-refractivity contribution in [1.29, 1.82) is 0 Å². The Morgan fingerprint density at radius 3 is 2.53 bits per heavy atom. The fourth-order valence-corrected chi connectivity index (χ4v) is 5.25. The first-order valence-electron chi connectivity index (χ1n) is 10.3. The monoisotopic (exact) mass is 439 g/mol. The highest BCUT2D eigenvalue weighted by Crippen LogP contribution is 2.53. The van der Waals surface area contributed by atoms with Crippen LogP contribution in [-0.4, -0.2) is 47.0 Å². The van der Waals surface area contributed by atoms with Crippen LogP contribution in [0, 0.1) is 17.7 Å². The average Bonchev–Trinajstić information content (AvgIpc) is 3.36. The van der Waals surface area contributed by atoms with Gasteiger partial charge in [-0.15, -0.1) is 0 Å². The van der Waals surface area contributed by atoms with Gasteiger partial charge in [0.25, 0.3) is 0 Å². The fourth-order valence-electron chi connectivity index (χ4n) is 5.25. The molecule has 3 N–H and O–H groups in total. The number of aliphatic hydroxyl groups excluding tert-OH is 1. The second-order valence-corrected chi connectivity index (χ2v) is 8.48. The summed E-state index contributed by atoms with van der Waals surface area (Å²) in [6, 6.07) is 9.96. The van der Waals surface area contributed by atoms with E-state index in [0.717, 1.165) is 4.90 Å². The minimum atomic E-state index is -1.63. The second-order valence-electron chi connectivity index (χ2n) is 8.48. The molecule has 0 unspecified atom stereocenters. The van der Waals surface area contributed by atoms with Crippen molar-refractivity contribution in [3.05, 3.63) is 59.4 Å². The summed E-state index contributed by atoms with van der Waals surface area (Å²) >= 11 is 0. The Morgan fingerprint density at radius 2 is 1.88 bits per heavy atom. The highest BCUT2D eigenvalue weighted by atomic mass is 19.1. The minimum Gasteiger partial charge on any atom is -0.497 e. The van der Waals surface area contributed by atoms with Gasteiger partial charge in [-0.3, -0.25) is 24.6 Å². The summed E-state index contributed by atoms with van der Waals surface area (Å²) in [4.78, 5) is 41.3. The van der Waals surface area contributed by atoms with Crippen LogP contribution in [0.5, 0.6) is 5.75 Å². The van der Waals surface area contributed by atoms with Crippen molar-refractivity contribution in [1.82, 2.24) is 10.2 Å². The van der Waals surface area contributed by atoms with Gasteiger partial charge in [-0.1, -0.05) is 12.1 Å². The van der Waals surface area contributed by atoms with E-state index in [-0.39, 0.29) is 12.1 Å². The van der Waals surface area contributed by atoms with Crippen LogP contribution < -0.4 is 15.4 Å². The third-order valence-corrected chi connectivity index (χ3v) is 6.72. The Labute approximate surface area is 183 Å². The number of ether oxygens (including phenoxy) is 1. The number of benzene rings is 2. The molecule has 2 saturated heterocycles. The van der Waals surface area contributed by atoms with Gasteiger partial charge in [-0.2, -0.15) is 0 Å². The van der Waals surface area contributed by atoms with Crippen molar-refractivity contribution < 1.29 is 28.6 Å². The largest absolute Gasteiger partial charge is 0.497 e. The number of aliphatic hydroxyl groups is 1. The smallest absolute Gasteiger partial charge is 0.250 e. The number of methoxy groups -OCH3 is 1. The quantitative estimate of drug-likeness (QED) is 0.617. The molecule has 2 fully saturated rings. The van der Waals surface area contributed by atoms with Crippen molar-refractivity contribution in [3.63, 3.8) is 0 Å². The summed E-state index contributed by atoms with van der Waals surface area (Å²) in [6.07, 6.45) is -1.02. The molecular weight excluding hydrogens is 417 g/mol. The fraction of sp³-hybridized carbons (Fsp3) is 0.348. The molecule has 8 nitrogen and oxygen atoms in total. The normalized spacial score (nSPS) is 29.3. The lowest BCUT2D eigenvalue weighted by atomic mass is 9.76. The zero-order valence-corrected chi connectivity index (χ0v) is 17.5. The van der Waals surface area contributed by atoms with Crippen molar-refractivity contribution in [2.45, 2.75) is 31.2 Å². The summed E-state index contributed by atoms with van der Waals surface area (Å²) in [5.41, 5.74) is -0.272. The van der Waals surface area contributed by atoms with E-state index >= 15 is 0 Å². The van der Waals surface area contributed by atoms with E-state index in [1.807, 2.05) is 0 Å². The molecule has 9 heteroatoms. The molecule has 0 radical (unpaired) electrons. The highest BCUT2D eigenvalue weighted by Gasteiger charge is 2.71. The number of fused-ring (bicyclic) bond motifs is 4. The molecule has 3 heterocycles. The maximum Gasteiger partial charge on any atom is 0.250 e.